The highest BCUT2D eigenvalue weighted by Crippen LogP contribution is 2.20. The lowest BCUT2D eigenvalue weighted by Crippen LogP contribution is -2.29. The minimum absolute atomic E-state index is 0.141. The molecule has 0 heterocycles. The summed E-state index contributed by atoms with van der Waals surface area (Å²) in [6.07, 6.45) is 0. The molecule has 1 aromatic carbocycles. The predicted molar refractivity (Wildman–Crippen MR) is 69.3 cm³/mol. The van der Waals surface area contributed by atoms with Crippen LogP contribution in [-0.4, -0.2) is 38.3 Å². The molecule has 0 aromatic heterocycles. The van der Waals surface area contributed by atoms with E-state index in [1.165, 1.54) is 0 Å². The van der Waals surface area contributed by atoms with Crippen LogP contribution >= 0.6 is 0 Å². The molecule has 1 aromatic rings. The molecule has 112 valence electrons. The molecule has 0 unspecified atom stereocenters. The van der Waals surface area contributed by atoms with Crippen molar-refractivity contribution in [3.63, 3.8) is 0 Å². The summed E-state index contributed by atoms with van der Waals surface area (Å²) in [6.45, 7) is 1.71. The number of hydrogen-bond donors (Lipinski definition) is 3. The second kappa shape index (κ2) is 6.62. The van der Waals surface area contributed by atoms with Gasteiger partial charge in [0.25, 0.3) is 0 Å². The van der Waals surface area contributed by atoms with Gasteiger partial charge in [-0.3, -0.25) is 0 Å². The van der Waals surface area contributed by atoms with Crippen LogP contribution in [-0.2, 0) is 10.0 Å². The van der Waals surface area contributed by atoms with Crippen molar-refractivity contribution in [3.05, 3.63) is 29.3 Å². The number of carbonyl (C=O) groups is 1. The molecule has 3 N–H and O–H groups in total. The van der Waals surface area contributed by atoms with Crippen molar-refractivity contribution >= 4 is 21.7 Å². The van der Waals surface area contributed by atoms with E-state index in [2.05, 4.69) is 10.0 Å². The highest BCUT2D eigenvalue weighted by molar-refractivity contribution is 7.89. The maximum atomic E-state index is 13.5. The number of benzene rings is 1. The Kier molecular flexibility index (Phi) is 5.40. The standard InChI is InChI=1S/C11H14F2N2O4S/c1-2-15-20(18,19)6-5-14-8-4-3-7(11(16)17)9(12)10(8)13/h3-4,14-15H,2,5-6H2,1H3,(H,16,17). The monoisotopic (exact) mass is 308 g/mol. The van der Waals surface area contributed by atoms with E-state index in [1.807, 2.05) is 0 Å². The van der Waals surface area contributed by atoms with E-state index in [9.17, 15) is 22.0 Å². The first kappa shape index (κ1) is 16.3. The Bertz CT molecular complexity index is 605. The van der Waals surface area contributed by atoms with Crippen molar-refractivity contribution in [3.8, 4) is 0 Å². The maximum Gasteiger partial charge on any atom is 0.338 e. The fourth-order valence-corrected chi connectivity index (χ4v) is 2.42. The average Bonchev–Trinajstić information content (AvgIpc) is 2.34. The van der Waals surface area contributed by atoms with Crippen LogP contribution in [0.1, 0.15) is 17.3 Å². The van der Waals surface area contributed by atoms with Gasteiger partial charge in [-0.2, -0.15) is 0 Å². The number of halogens is 2. The highest BCUT2D eigenvalue weighted by atomic mass is 32.2. The molecule has 9 heteroatoms. The molecular weight excluding hydrogens is 294 g/mol. The number of carboxylic acids is 1. The Labute approximate surface area is 114 Å². The number of rotatable bonds is 7. The van der Waals surface area contributed by atoms with Gasteiger partial charge in [0, 0.05) is 13.1 Å². The molecule has 0 saturated carbocycles. The number of sulfonamides is 1. The van der Waals surface area contributed by atoms with Crippen LogP contribution in [0.3, 0.4) is 0 Å². The Morgan fingerprint density at radius 2 is 1.95 bits per heavy atom. The van der Waals surface area contributed by atoms with Crippen LogP contribution in [0.15, 0.2) is 12.1 Å². The van der Waals surface area contributed by atoms with Crippen molar-refractivity contribution in [2.75, 3.05) is 24.2 Å². The third kappa shape index (κ3) is 4.14. The van der Waals surface area contributed by atoms with E-state index in [-0.39, 0.29) is 24.5 Å². The second-order valence-electron chi connectivity index (χ2n) is 3.84. The fraction of sp³-hybridized carbons (Fsp3) is 0.364. The summed E-state index contributed by atoms with van der Waals surface area (Å²) in [5, 5.41) is 11.0. The number of aromatic carboxylic acids is 1. The lowest BCUT2D eigenvalue weighted by atomic mass is 10.2. The Hall–Kier alpha value is -1.74. The van der Waals surface area contributed by atoms with E-state index < -0.39 is 33.2 Å². The molecule has 0 amide bonds. The van der Waals surface area contributed by atoms with Crippen molar-refractivity contribution in [2.24, 2.45) is 0 Å². The van der Waals surface area contributed by atoms with Gasteiger partial charge in [0.15, 0.2) is 11.6 Å². The van der Waals surface area contributed by atoms with Gasteiger partial charge in [0.05, 0.1) is 17.0 Å². The van der Waals surface area contributed by atoms with E-state index in [0.717, 1.165) is 12.1 Å². The quantitative estimate of drug-likeness (QED) is 0.699. The largest absolute Gasteiger partial charge is 0.478 e. The molecule has 6 nitrogen and oxygen atoms in total. The Balaban J connectivity index is 2.76. The molecule has 0 aliphatic carbocycles. The third-order valence-electron chi connectivity index (χ3n) is 2.36. The van der Waals surface area contributed by atoms with Crippen molar-refractivity contribution in [1.82, 2.24) is 4.72 Å². The maximum absolute atomic E-state index is 13.5. The Morgan fingerprint density at radius 1 is 1.30 bits per heavy atom. The molecule has 0 radical (unpaired) electrons. The van der Waals surface area contributed by atoms with E-state index in [1.54, 1.807) is 6.92 Å². The zero-order chi connectivity index (χ0) is 15.3. The smallest absolute Gasteiger partial charge is 0.338 e. The van der Waals surface area contributed by atoms with Crippen LogP contribution in [0, 0.1) is 11.6 Å². The zero-order valence-electron chi connectivity index (χ0n) is 10.6. The molecule has 0 fully saturated rings. The third-order valence-corrected chi connectivity index (χ3v) is 3.83. The molecule has 0 saturated heterocycles. The second-order valence-corrected chi connectivity index (χ2v) is 5.76. The molecule has 0 aliphatic heterocycles. The average molecular weight is 308 g/mol. The van der Waals surface area contributed by atoms with E-state index >= 15 is 0 Å². The molecular formula is C11H14F2N2O4S. The summed E-state index contributed by atoms with van der Waals surface area (Å²) < 4.78 is 51.8. The number of nitrogens with one attached hydrogen (secondary N) is 2. The van der Waals surface area contributed by atoms with Gasteiger partial charge in [-0.25, -0.2) is 26.7 Å². The number of anilines is 1. The topological polar surface area (TPSA) is 95.5 Å². The number of hydrogen-bond acceptors (Lipinski definition) is 4. The van der Waals surface area contributed by atoms with Gasteiger partial charge >= 0.3 is 5.97 Å². The molecule has 0 spiro atoms. The van der Waals surface area contributed by atoms with E-state index in [0.29, 0.717) is 0 Å². The molecule has 0 atom stereocenters. The predicted octanol–water partition coefficient (Wildman–Crippen LogP) is 1.01. The van der Waals surface area contributed by atoms with Crippen LogP contribution in [0.2, 0.25) is 0 Å². The summed E-state index contributed by atoms with van der Waals surface area (Å²) in [7, 11) is -3.47. The van der Waals surface area contributed by atoms with Crippen molar-refractivity contribution in [1.29, 1.82) is 0 Å². The van der Waals surface area contributed by atoms with Crippen molar-refractivity contribution < 1.29 is 27.1 Å². The van der Waals surface area contributed by atoms with Gasteiger partial charge in [0.2, 0.25) is 10.0 Å². The van der Waals surface area contributed by atoms with Crippen LogP contribution < -0.4 is 10.0 Å². The SMILES string of the molecule is CCNS(=O)(=O)CCNc1ccc(C(=O)O)c(F)c1F. The molecule has 20 heavy (non-hydrogen) atoms. The lowest BCUT2D eigenvalue weighted by Gasteiger charge is -2.09. The summed E-state index contributed by atoms with van der Waals surface area (Å²) >= 11 is 0. The summed E-state index contributed by atoms with van der Waals surface area (Å²) in [5.74, 6) is -4.74. The molecule has 0 bridgehead atoms. The zero-order valence-corrected chi connectivity index (χ0v) is 11.4. The van der Waals surface area contributed by atoms with Crippen LogP contribution in [0.4, 0.5) is 14.5 Å². The van der Waals surface area contributed by atoms with Gasteiger partial charge in [-0.15, -0.1) is 0 Å². The lowest BCUT2D eigenvalue weighted by molar-refractivity contribution is 0.0690. The minimum atomic E-state index is -3.47. The number of carboxylic acid groups (broad SMARTS) is 1. The first-order chi connectivity index (χ1) is 9.28. The normalized spacial score (nSPS) is 11.3. The summed E-state index contributed by atoms with van der Waals surface area (Å²) in [6, 6.07) is 1.95. The first-order valence-electron chi connectivity index (χ1n) is 5.71. The first-order valence-corrected chi connectivity index (χ1v) is 7.36. The molecule has 0 aliphatic rings. The van der Waals surface area contributed by atoms with Crippen LogP contribution in [0.5, 0.6) is 0 Å². The minimum Gasteiger partial charge on any atom is -0.478 e. The summed E-state index contributed by atoms with van der Waals surface area (Å²) in [4.78, 5) is 10.6. The van der Waals surface area contributed by atoms with E-state index in [4.69, 9.17) is 5.11 Å². The van der Waals surface area contributed by atoms with Crippen LogP contribution in [0.25, 0.3) is 0 Å². The van der Waals surface area contributed by atoms with Gasteiger partial charge in [-0.05, 0) is 12.1 Å². The molecule has 1 rings (SSSR count). The van der Waals surface area contributed by atoms with Crippen molar-refractivity contribution in [2.45, 2.75) is 6.92 Å². The highest BCUT2D eigenvalue weighted by Gasteiger charge is 2.18. The van der Waals surface area contributed by atoms with Gasteiger partial charge in [-0.1, -0.05) is 6.92 Å². The Morgan fingerprint density at radius 3 is 2.50 bits per heavy atom. The van der Waals surface area contributed by atoms with Gasteiger partial charge in [0.1, 0.15) is 0 Å². The summed E-state index contributed by atoms with van der Waals surface area (Å²) in [5.41, 5.74) is -1.08. The van der Waals surface area contributed by atoms with Gasteiger partial charge < -0.3 is 10.4 Å². The fourth-order valence-electron chi connectivity index (χ4n) is 1.46.